The van der Waals surface area contributed by atoms with E-state index in [1.807, 2.05) is 0 Å². The Morgan fingerprint density at radius 2 is 1.73 bits per heavy atom. The fraction of sp³-hybridized carbons (Fsp3) is 1.00. The van der Waals surface area contributed by atoms with Crippen LogP contribution in [0.3, 0.4) is 0 Å². The van der Waals surface area contributed by atoms with Crippen LogP contribution in [-0.4, -0.2) is 23.6 Å². The number of nitrogens with two attached hydrogens (primary N) is 1. The Morgan fingerprint density at radius 1 is 1.20 bits per heavy atom. The van der Waals surface area contributed by atoms with Crippen molar-refractivity contribution in [3.8, 4) is 0 Å². The van der Waals surface area contributed by atoms with Crippen molar-refractivity contribution in [2.24, 2.45) is 5.73 Å². The third kappa shape index (κ3) is 3.61. The van der Waals surface area contributed by atoms with Crippen LogP contribution in [0.15, 0.2) is 0 Å². The molecule has 8 heteroatoms. The molecule has 0 bridgehead atoms. The normalized spacial score (nSPS) is 29.1. The smallest absolute Gasteiger partial charge is 0.306 e. The van der Waals surface area contributed by atoms with Gasteiger partial charge in [-0.2, -0.15) is 0 Å². The van der Waals surface area contributed by atoms with Gasteiger partial charge in [-0.15, -0.1) is 0 Å². The topological polar surface area (TPSA) is 72.2 Å². The van der Waals surface area contributed by atoms with Crippen molar-refractivity contribution in [3.05, 3.63) is 0 Å². The number of sulfonamides is 1. The lowest BCUT2D eigenvalue weighted by Crippen LogP contribution is -2.51. The van der Waals surface area contributed by atoms with E-state index >= 15 is 0 Å². The van der Waals surface area contributed by atoms with E-state index in [1.54, 1.807) is 0 Å². The van der Waals surface area contributed by atoms with Gasteiger partial charge in [0.2, 0.25) is 0 Å². The van der Waals surface area contributed by atoms with Crippen LogP contribution in [0.1, 0.15) is 25.7 Å². The predicted molar refractivity (Wildman–Crippen MR) is 62.6 cm³/mol. The van der Waals surface area contributed by atoms with Crippen molar-refractivity contribution in [3.63, 3.8) is 0 Å². The summed E-state index contributed by atoms with van der Waals surface area (Å²) in [5.74, 6) is 0. The molecule has 0 amide bonds. The lowest BCUT2D eigenvalue weighted by molar-refractivity contribution is 0.361. The van der Waals surface area contributed by atoms with Crippen LogP contribution in [0.4, 0.5) is 0 Å². The molecule has 0 heterocycles. The summed E-state index contributed by atoms with van der Waals surface area (Å²) in [5.41, 5.74) is 5.77. The number of nitrogens with one attached hydrogen (secondary N) is 1. The highest BCUT2D eigenvalue weighted by atomic mass is 35.6. The van der Waals surface area contributed by atoms with Crippen molar-refractivity contribution in [2.75, 3.05) is 0 Å². The summed E-state index contributed by atoms with van der Waals surface area (Å²) in [6, 6.07) is -0.541. The molecule has 0 spiro atoms. The van der Waals surface area contributed by atoms with Gasteiger partial charge in [-0.1, -0.05) is 47.6 Å². The van der Waals surface area contributed by atoms with E-state index in [9.17, 15) is 8.42 Å². The average molecular weight is 296 g/mol. The van der Waals surface area contributed by atoms with Gasteiger partial charge in [-0.3, -0.25) is 0 Å². The van der Waals surface area contributed by atoms with Gasteiger partial charge in [-0.25, -0.2) is 13.1 Å². The molecule has 1 rings (SSSR count). The van der Waals surface area contributed by atoms with Gasteiger partial charge >= 0.3 is 3.12 Å². The first-order valence-electron chi connectivity index (χ1n) is 4.58. The van der Waals surface area contributed by atoms with Gasteiger partial charge in [0.1, 0.15) is 0 Å². The van der Waals surface area contributed by atoms with E-state index in [0.717, 1.165) is 19.3 Å². The first kappa shape index (κ1) is 13.8. The highest BCUT2D eigenvalue weighted by Crippen LogP contribution is 2.32. The molecule has 0 aliphatic heterocycles. The van der Waals surface area contributed by atoms with Gasteiger partial charge in [0.05, 0.1) is 0 Å². The molecule has 2 atom stereocenters. The minimum Gasteiger partial charge on any atom is -0.326 e. The van der Waals surface area contributed by atoms with E-state index in [2.05, 4.69) is 4.72 Å². The van der Waals surface area contributed by atoms with Gasteiger partial charge < -0.3 is 5.73 Å². The maximum atomic E-state index is 11.5. The number of halogens is 3. The molecule has 2 unspecified atom stereocenters. The van der Waals surface area contributed by atoms with Gasteiger partial charge in [0.15, 0.2) is 0 Å². The summed E-state index contributed by atoms with van der Waals surface area (Å²) in [6.45, 7) is 0. The summed E-state index contributed by atoms with van der Waals surface area (Å²) < 4.78 is 23.0. The standard InChI is InChI=1S/C7H13Cl3N2O2S/c8-7(9,10)15(13,14)12-6-4-2-1-3-5(6)11/h5-6,12H,1-4,11H2. The molecule has 15 heavy (non-hydrogen) atoms. The maximum Gasteiger partial charge on any atom is 0.306 e. The molecule has 3 N–H and O–H groups in total. The first-order valence-corrected chi connectivity index (χ1v) is 7.20. The fourth-order valence-corrected chi connectivity index (χ4v) is 2.80. The Balaban J connectivity index is 2.69. The third-order valence-electron chi connectivity index (χ3n) is 2.43. The van der Waals surface area contributed by atoms with E-state index in [4.69, 9.17) is 40.5 Å². The van der Waals surface area contributed by atoms with Crippen LogP contribution in [-0.2, 0) is 10.0 Å². The number of rotatable bonds is 2. The molecule has 1 saturated carbocycles. The molecule has 0 saturated heterocycles. The van der Waals surface area contributed by atoms with Gasteiger partial charge in [0, 0.05) is 12.1 Å². The highest BCUT2D eigenvalue weighted by molar-refractivity contribution is 7.95. The quantitative estimate of drug-likeness (QED) is 0.758. The van der Waals surface area contributed by atoms with Crippen LogP contribution in [0.5, 0.6) is 0 Å². The Bertz CT molecular complexity index is 315. The van der Waals surface area contributed by atoms with Crippen molar-refractivity contribution < 1.29 is 8.42 Å². The molecule has 90 valence electrons. The van der Waals surface area contributed by atoms with Gasteiger partial charge in [-0.05, 0) is 12.8 Å². The average Bonchev–Trinajstić information content (AvgIpc) is 2.06. The van der Waals surface area contributed by atoms with Crippen LogP contribution in [0.2, 0.25) is 0 Å². The number of hydrogen-bond donors (Lipinski definition) is 2. The van der Waals surface area contributed by atoms with Crippen molar-refractivity contribution in [2.45, 2.75) is 40.9 Å². The van der Waals surface area contributed by atoms with Crippen LogP contribution in [0, 0.1) is 0 Å². The maximum absolute atomic E-state index is 11.5. The van der Waals surface area contributed by atoms with Crippen LogP contribution < -0.4 is 10.5 Å². The van der Waals surface area contributed by atoms with Crippen LogP contribution in [0.25, 0.3) is 0 Å². The molecule has 1 fully saturated rings. The summed E-state index contributed by atoms with van der Waals surface area (Å²) in [5, 5.41) is 0. The molecular formula is C7H13Cl3N2O2S. The highest BCUT2D eigenvalue weighted by Gasteiger charge is 2.40. The largest absolute Gasteiger partial charge is 0.326 e. The number of hydrogen-bond acceptors (Lipinski definition) is 3. The molecule has 1 aliphatic rings. The summed E-state index contributed by atoms with van der Waals surface area (Å²) in [7, 11) is -3.96. The Hall–Kier alpha value is 0.740. The Labute approximate surface area is 104 Å². The van der Waals surface area contributed by atoms with Crippen molar-refractivity contribution >= 4 is 44.8 Å². The predicted octanol–water partition coefficient (Wildman–Crippen LogP) is 1.50. The van der Waals surface area contributed by atoms with E-state index in [0.29, 0.717) is 6.42 Å². The number of alkyl halides is 3. The minimum absolute atomic E-state index is 0.208. The second kappa shape index (κ2) is 4.94. The molecular weight excluding hydrogens is 283 g/mol. The van der Waals surface area contributed by atoms with Gasteiger partial charge in [0.25, 0.3) is 10.0 Å². The fourth-order valence-electron chi connectivity index (χ4n) is 1.57. The summed E-state index contributed by atoms with van der Waals surface area (Å²) >= 11 is 16.0. The second-order valence-electron chi connectivity index (χ2n) is 3.62. The molecule has 0 aromatic heterocycles. The molecule has 1 aliphatic carbocycles. The second-order valence-corrected chi connectivity index (χ2v) is 8.43. The zero-order valence-corrected chi connectivity index (χ0v) is 11.0. The molecule has 0 aromatic carbocycles. The van der Waals surface area contributed by atoms with E-state index in [1.165, 1.54) is 0 Å². The van der Waals surface area contributed by atoms with E-state index in [-0.39, 0.29) is 12.1 Å². The van der Waals surface area contributed by atoms with Crippen molar-refractivity contribution in [1.82, 2.24) is 4.72 Å². The van der Waals surface area contributed by atoms with Crippen LogP contribution >= 0.6 is 34.8 Å². The zero-order valence-electron chi connectivity index (χ0n) is 7.92. The SMILES string of the molecule is NC1CCCCC1NS(=O)(=O)C(Cl)(Cl)Cl. The minimum atomic E-state index is -3.96. The third-order valence-corrected chi connectivity index (χ3v) is 5.48. The Kier molecular flexibility index (Phi) is 4.54. The monoisotopic (exact) mass is 294 g/mol. The summed E-state index contributed by atoms with van der Waals surface area (Å²) in [4.78, 5) is 0. The lowest BCUT2D eigenvalue weighted by atomic mass is 9.92. The zero-order chi connectivity index (χ0) is 11.7. The lowest BCUT2D eigenvalue weighted by Gasteiger charge is -2.30. The summed E-state index contributed by atoms with van der Waals surface area (Å²) in [6.07, 6.45) is 3.40. The first-order chi connectivity index (χ1) is 6.74. The van der Waals surface area contributed by atoms with Crippen molar-refractivity contribution in [1.29, 1.82) is 0 Å². The Morgan fingerprint density at radius 3 is 2.20 bits per heavy atom. The molecule has 0 radical (unpaired) electrons. The molecule has 4 nitrogen and oxygen atoms in total. The molecule has 0 aromatic rings. The van der Waals surface area contributed by atoms with E-state index < -0.39 is 13.1 Å².